The van der Waals surface area contributed by atoms with Gasteiger partial charge >= 0.3 is 0 Å². The summed E-state index contributed by atoms with van der Waals surface area (Å²) in [6.45, 7) is 7.80. The van der Waals surface area contributed by atoms with E-state index in [1.807, 2.05) is 19.1 Å². The van der Waals surface area contributed by atoms with Crippen LogP contribution in [0.4, 0.5) is 0 Å². The van der Waals surface area contributed by atoms with Crippen molar-refractivity contribution in [2.45, 2.75) is 45.4 Å². The minimum absolute atomic E-state index is 0.0599. The molecule has 1 heterocycles. The number of benzene rings is 2. The summed E-state index contributed by atoms with van der Waals surface area (Å²) in [6, 6.07) is 19.2. The Kier molecular flexibility index (Phi) is 3.87. The first-order valence-electron chi connectivity index (χ1n) is 9.18. The van der Waals surface area contributed by atoms with Crippen LogP contribution < -0.4 is 0 Å². The van der Waals surface area contributed by atoms with Gasteiger partial charge in [0.05, 0.1) is 11.0 Å². The maximum atomic E-state index is 12.0. The Labute approximate surface area is 154 Å². The summed E-state index contributed by atoms with van der Waals surface area (Å²) in [4.78, 5) is 12.0. The number of furan rings is 1. The summed E-state index contributed by atoms with van der Waals surface area (Å²) in [7, 11) is 0. The SMILES string of the molecule is CC(=O)c1cc([C@]2(c3ccccc3)CC2c2cc(C)ccc2C)oc1C. The summed E-state index contributed by atoms with van der Waals surface area (Å²) in [6.07, 6.45) is 1.01. The molecule has 0 N–H and O–H groups in total. The van der Waals surface area contributed by atoms with Crippen LogP contribution in [-0.4, -0.2) is 5.78 Å². The van der Waals surface area contributed by atoms with Crippen molar-refractivity contribution < 1.29 is 9.21 Å². The lowest BCUT2D eigenvalue weighted by atomic mass is 9.86. The van der Waals surface area contributed by atoms with Crippen LogP contribution in [0.25, 0.3) is 0 Å². The maximum absolute atomic E-state index is 12.0. The Bertz CT molecular complexity index is 981. The number of Topliss-reactive ketones (excluding diaryl/α,β-unsaturated/α-hetero) is 1. The van der Waals surface area contributed by atoms with Gasteiger partial charge in [-0.2, -0.15) is 0 Å². The number of hydrogen-bond donors (Lipinski definition) is 0. The Morgan fingerprint density at radius 1 is 1.04 bits per heavy atom. The first kappa shape index (κ1) is 16.8. The van der Waals surface area contributed by atoms with Crippen LogP contribution in [0.5, 0.6) is 0 Å². The quantitative estimate of drug-likeness (QED) is 0.553. The van der Waals surface area contributed by atoms with E-state index >= 15 is 0 Å². The van der Waals surface area contributed by atoms with Crippen LogP contribution in [0.2, 0.25) is 0 Å². The van der Waals surface area contributed by atoms with Gasteiger partial charge in [-0.3, -0.25) is 4.79 Å². The van der Waals surface area contributed by atoms with Gasteiger partial charge in [0.25, 0.3) is 0 Å². The highest BCUT2D eigenvalue weighted by molar-refractivity contribution is 5.95. The second-order valence-corrected chi connectivity index (χ2v) is 7.59. The predicted molar refractivity (Wildman–Crippen MR) is 104 cm³/mol. The van der Waals surface area contributed by atoms with Crippen molar-refractivity contribution in [3.8, 4) is 0 Å². The molecule has 0 spiro atoms. The molecule has 1 aliphatic rings. The van der Waals surface area contributed by atoms with Crippen molar-refractivity contribution in [2.24, 2.45) is 0 Å². The molecule has 2 atom stereocenters. The molecule has 4 rings (SSSR count). The van der Waals surface area contributed by atoms with Crippen LogP contribution in [0.1, 0.15) is 63.4 Å². The van der Waals surface area contributed by atoms with Crippen LogP contribution in [0.3, 0.4) is 0 Å². The fourth-order valence-electron chi connectivity index (χ4n) is 4.29. The minimum atomic E-state index is -0.182. The highest BCUT2D eigenvalue weighted by Crippen LogP contribution is 2.65. The number of rotatable bonds is 4. The van der Waals surface area contributed by atoms with Gasteiger partial charge in [-0.05, 0) is 56.9 Å². The zero-order chi connectivity index (χ0) is 18.5. The number of carbonyl (C=O) groups is 1. The zero-order valence-corrected chi connectivity index (χ0v) is 15.8. The molecular weight excluding hydrogens is 320 g/mol. The van der Waals surface area contributed by atoms with E-state index in [2.05, 4.69) is 56.3 Å². The molecule has 1 saturated carbocycles. The van der Waals surface area contributed by atoms with Crippen molar-refractivity contribution in [3.63, 3.8) is 0 Å². The van der Waals surface area contributed by atoms with E-state index in [0.717, 1.165) is 17.9 Å². The first-order chi connectivity index (χ1) is 12.4. The molecule has 2 heteroatoms. The molecule has 0 amide bonds. The van der Waals surface area contributed by atoms with Crippen molar-refractivity contribution in [3.05, 3.63) is 93.9 Å². The van der Waals surface area contributed by atoms with E-state index in [9.17, 15) is 4.79 Å². The third kappa shape index (κ3) is 2.52. The molecule has 0 bridgehead atoms. The van der Waals surface area contributed by atoms with Crippen molar-refractivity contribution in [2.75, 3.05) is 0 Å². The monoisotopic (exact) mass is 344 g/mol. The van der Waals surface area contributed by atoms with Gasteiger partial charge in [0.1, 0.15) is 11.5 Å². The van der Waals surface area contributed by atoms with Gasteiger partial charge < -0.3 is 4.42 Å². The van der Waals surface area contributed by atoms with Crippen molar-refractivity contribution in [1.29, 1.82) is 0 Å². The molecule has 1 aliphatic carbocycles. The summed E-state index contributed by atoms with van der Waals surface area (Å²) in [5, 5.41) is 0. The lowest BCUT2D eigenvalue weighted by molar-refractivity contribution is 0.101. The molecule has 3 aromatic rings. The largest absolute Gasteiger partial charge is 0.465 e. The summed E-state index contributed by atoms with van der Waals surface area (Å²) < 4.78 is 6.16. The molecule has 1 unspecified atom stereocenters. The number of aryl methyl sites for hydroxylation is 3. The predicted octanol–water partition coefficient (Wildman–Crippen LogP) is 5.88. The van der Waals surface area contributed by atoms with Crippen LogP contribution in [0.15, 0.2) is 59.0 Å². The van der Waals surface area contributed by atoms with Crippen LogP contribution in [-0.2, 0) is 5.41 Å². The molecule has 0 radical (unpaired) electrons. The number of carbonyl (C=O) groups excluding carboxylic acids is 1. The molecule has 0 aliphatic heterocycles. The third-order valence-corrected chi connectivity index (χ3v) is 5.80. The van der Waals surface area contributed by atoms with Gasteiger partial charge in [-0.1, -0.05) is 54.1 Å². The zero-order valence-electron chi connectivity index (χ0n) is 15.8. The third-order valence-electron chi connectivity index (χ3n) is 5.80. The topological polar surface area (TPSA) is 30.2 Å². The fraction of sp³-hybridized carbons (Fsp3) is 0.292. The molecule has 2 nitrogen and oxygen atoms in total. The molecular formula is C24H24O2. The smallest absolute Gasteiger partial charge is 0.163 e. The molecule has 2 aromatic carbocycles. The highest BCUT2D eigenvalue weighted by atomic mass is 16.3. The fourth-order valence-corrected chi connectivity index (χ4v) is 4.29. The number of ketones is 1. The molecule has 1 aromatic heterocycles. The summed E-state index contributed by atoms with van der Waals surface area (Å²) in [5.41, 5.74) is 5.75. The van der Waals surface area contributed by atoms with E-state index in [1.165, 1.54) is 22.3 Å². The Morgan fingerprint density at radius 2 is 1.77 bits per heavy atom. The van der Waals surface area contributed by atoms with Gasteiger partial charge in [0.2, 0.25) is 0 Å². The summed E-state index contributed by atoms with van der Waals surface area (Å²) in [5.74, 6) is 2.06. The molecule has 1 fully saturated rings. The lowest BCUT2D eigenvalue weighted by Crippen LogP contribution is -2.11. The average molecular weight is 344 g/mol. The van der Waals surface area contributed by atoms with Crippen molar-refractivity contribution >= 4 is 5.78 Å². The Balaban J connectivity index is 1.88. The van der Waals surface area contributed by atoms with Crippen LogP contribution in [0, 0.1) is 20.8 Å². The van der Waals surface area contributed by atoms with E-state index in [0.29, 0.717) is 11.5 Å². The number of hydrogen-bond acceptors (Lipinski definition) is 2. The van der Waals surface area contributed by atoms with Gasteiger partial charge in [0, 0.05) is 5.92 Å². The standard InChI is InChI=1S/C24H24O2/c1-15-10-11-16(2)20(12-15)22-14-24(22,19-8-6-5-7-9-19)23-13-21(17(3)25)18(4)26-23/h5-13,22H,14H2,1-4H3/t22?,24-/m0/s1. The lowest BCUT2D eigenvalue weighted by Gasteiger charge is -2.17. The second-order valence-electron chi connectivity index (χ2n) is 7.59. The summed E-state index contributed by atoms with van der Waals surface area (Å²) >= 11 is 0. The normalized spacial score (nSPS) is 21.6. The van der Waals surface area contributed by atoms with E-state index in [-0.39, 0.29) is 11.2 Å². The van der Waals surface area contributed by atoms with Gasteiger partial charge in [-0.25, -0.2) is 0 Å². The van der Waals surface area contributed by atoms with Crippen molar-refractivity contribution in [1.82, 2.24) is 0 Å². The highest BCUT2D eigenvalue weighted by Gasteiger charge is 2.59. The molecule has 26 heavy (non-hydrogen) atoms. The molecule has 132 valence electrons. The first-order valence-corrected chi connectivity index (χ1v) is 9.18. The second kappa shape index (κ2) is 5.98. The van der Waals surface area contributed by atoms with Gasteiger partial charge in [-0.15, -0.1) is 0 Å². The Hall–Kier alpha value is -2.61. The Morgan fingerprint density at radius 3 is 2.42 bits per heavy atom. The van der Waals surface area contributed by atoms with Gasteiger partial charge in [0.15, 0.2) is 5.78 Å². The van der Waals surface area contributed by atoms with E-state index in [4.69, 9.17) is 4.42 Å². The maximum Gasteiger partial charge on any atom is 0.163 e. The van der Waals surface area contributed by atoms with E-state index < -0.39 is 0 Å². The average Bonchev–Trinajstić information content (AvgIpc) is 3.25. The van der Waals surface area contributed by atoms with E-state index in [1.54, 1.807) is 6.92 Å². The van der Waals surface area contributed by atoms with Crippen LogP contribution >= 0.6 is 0 Å². The molecule has 0 saturated heterocycles. The minimum Gasteiger partial charge on any atom is -0.465 e.